The number of rotatable bonds is 4. The molecule has 1 aliphatic heterocycles. The van der Waals surface area contributed by atoms with Crippen molar-refractivity contribution in [3.8, 4) is 0 Å². The van der Waals surface area contributed by atoms with Crippen LogP contribution in [-0.4, -0.2) is 49.0 Å². The minimum atomic E-state index is -0.0538. The van der Waals surface area contributed by atoms with Crippen molar-refractivity contribution in [1.29, 1.82) is 0 Å². The summed E-state index contributed by atoms with van der Waals surface area (Å²) in [5.74, 6) is 0.521. The molecule has 0 bridgehead atoms. The van der Waals surface area contributed by atoms with Crippen LogP contribution in [0.1, 0.15) is 38.5 Å². The number of methoxy groups -OCH3 is 1. The van der Waals surface area contributed by atoms with E-state index in [1.54, 1.807) is 7.11 Å². The van der Waals surface area contributed by atoms with Crippen LogP contribution in [0.15, 0.2) is 0 Å². The monoisotopic (exact) mass is 227 g/mol. The molecule has 16 heavy (non-hydrogen) atoms. The van der Waals surface area contributed by atoms with Gasteiger partial charge in [-0.25, -0.2) is 0 Å². The fourth-order valence-electron chi connectivity index (χ4n) is 3.41. The highest BCUT2D eigenvalue weighted by molar-refractivity contribution is 4.90. The first kappa shape index (κ1) is 12.3. The van der Waals surface area contributed by atoms with E-state index < -0.39 is 0 Å². The molecule has 3 heteroatoms. The molecular weight excluding hydrogens is 202 g/mol. The molecule has 1 saturated carbocycles. The lowest BCUT2D eigenvalue weighted by Gasteiger charge is -2.37. The molecule has 2 fully saturated rings. The van der Waals surface area contributed by atoms with Crippen LogP contribution in [0, 0.1) is 5.92 Å². The van der Waals surface area contributed by atoms with E-state index in [2.05, 4.69) is 4.90 Å². The average molecular weight is 227 g/mol. The SMILES string of the molecule is COCCN1CCCC1C1CCCCC1O. The molecule has 3 nitrogen and oxygen atoms in total. The molecule has 1 saturated heterocycles. The molecule has 0 aromatic rings. The number of hydrogen-bond acceptors (Lipinski definition) is 3. The Balaban J connectivity index is 1.90. The molecule has 0 amide bonds. The second-order valence-electron chi connectivity index (χ2n) is 5.25. The highest BCUT2D eigenvalue weighted by atomic mass is 16.5. The summed E-state index contributed by atoms with van der Waals surface area (Å²) >= 11 is 0. The summed E-state index contributed by atoms with van der Waals surface area (Å²) in [4.78, 5) is 2.53. The Hall–Kier alpha value is -0.120. The summed E-state index contributed by atoms with van der Waals surface area (Å²) in [6, 6.07) is 0.616. The van der Waals surface area contributed by atoms with Crippen molar-refractivity contribution in [2.45, 2.75) is 50.7 Å². The van der Waals surface area contributed by atoms with Gasteiger partial charge in [-0.3, -0.25) is 4.90 Å². The van der Waals surface area contributed by atoms with Gasteiger partial charge in [-0.2, -0.15) is 0 Å². The van der Waals surface area contributed by atoms with Gasteiger partial charge in [0.25, 0.3) is 0 Å². The maximum Gasteiger partial charge on any atom is 0.0589 e. The second-order valence-corrected chi connectivity index (χ2v) is 5.25. The van der Waals surface area contributed by atoms with Gasteiger partial charge in [0.2, 0.25) is 0 Å². The first-order valence-corrected chi connectivity index (χ1v) is 6.74. The predicted molar refractivity (Wildman–Crippen MR) is 64.4 cm³/mol. The standard InChI is InChI=1S/C13H25NO2/c1-16-10-9-14-8-4-6-12(14)11-5-2-3-7-13(11)15/h11-13,15H,2-10H2,1H3. The Morgan fingerprint density at radius 2 is 2.00 bits per heavy atom. The zero-order valence-electron chi connectivity index (χ0n) is 10.4. The van der Waals surface area contributed by atoms with Crippen LogP contribution in [0.5, 0.6) is 0 Å². The number of hydrogen-bond donors (Lipinski definition) is 1. The first-order valence-electron chi connectivity index (χ1n) is 6.74. The fourth-order valence-corrected chi connectivity index (χ4v) is 3.41. The van der Waals surface area contributed by atoms with Crippen LogP contribution in [0.3, 0.4) is 0 Å². The van der Waals surface area contributed by atoms with E-state index in [1.165, 1.54) is 38.6 Å². The third kappa shape index (κ3) is 2.76. The van der Waals surface area contributed by atoms with Crippen LogP contribution in [0.25, 0.3) is 0 Å². The van der Waals surface area contributed by atoms with Crippen LogP contribution >= 0.6 is 0 Å². The van der Waals surface area contributed by atoms with Gasteiger partial charge in [0.1, 0.15) is 0 Å². The van der Waals surface area contributed by atoms with Gasteiger partial charge in [-0.05, 0) is 32.2 Å². The van der Waals surface area contributed by atoms with Gasteiger partial charge in [0.05, 0.1) is 12.7 Å². The van der Waals surface area contributed by atoms with E-state index in [9.17, 15) is 5.11 Å². The molecule has 3 unspecified atom stereocenters. The average Bonchev–Trinajstić information content (AvgIpc) is 2.75. The first-order chi connectivity index (χ1) is 7.83. The Morgan fingerprint density at radius 3 is 2.75 bits per heavy atom. The summed E-state index contributed by atoms with van der Waals surface area (Å²) in [6.07, 6.45) is 7.25. The zero-order chi connectivity index (χ0) is 11.4. The summed E-state index contributed by atoms with van der Waals surface area (Å²) in [7, 11) is 1.76. The van der Waals surface area contributed by atoms with Crippen LogP contribution in [0.2, 0.25) is 0 Å². The highest BCUT2D eigenvalue weighted by Gasteiger charge is 2.36. The summed E-state index contributed by atoms with van der Waals surface area (Å²) in [5.41, 5.74) is 0. The van der Waals surface area contributed by atoms with E-state index >= 15 is 0 Å². The molecule has 1 heterocycles. The quantitative estimate of drug-likeness (QED) is 0.792. The maximum atomic E-state index is 10.1. The van der Waals surface area contributed by atoms with Gasteiger partial charge >= 0.3 is 0 Å². The number of nitrogens with zero attached hydrogens (tertiary/aromatic N) is 1. The molecule has 3 atom stereocenters. The molecule has 94 valence electrons. The van der Waals surface area contributed by atoms with Crippen molar-refractivity contribution in [3.05, 3.63) is 0 Å². The van der Waals surface area contributed by atoms with E-state index in [4.69, 9.17) is 4.74 Å². The van der Waals surface area contributed by atoms with Crippen LogP contribution < -0.4 is 0 Å². The molecule has 2 aliphatic rings. The molecule has 1 aliphatic carbocycles. The van der Waals surface area contributed by atoms with Crippen molar-refractivity contribution in [1.82, 2.24) is 4.90 Å². The molecule has 0 aromatic heterocycles. The Labute approximate surface area is 98.8 Å². The van der Waals surface area contributed by atoms with Gasteiger partial charge in [-0.1, -0.05) is 12.8 Å². The van der Waals surface area contributed by atoms with Gasteiger partial charge in [0.15, 0.2) is 0 Å². The minimum absolute atomic E-state index is 0.0538. The van der Waals surface area contributed by atoms with Gasteiger partial charge < -0.3 is 9.84 Å². The summed E-state index contributed by atoms with van der Waals surface area (Å²) in [5, 5.41) is 10.1. The molecule has 2 rings (SSSR count). The third-order valence-corrected chi connectivity index (χ3v) is 4.27. The highest BCUT2D eigenvalue weighted by Crippen LogP contribution is 2.34. The van der Waals surface area contributed by atoms with Crippen molar-refractivity contribution < 1.29 is 9.84 Å². The lowest BCUT2D eigenvalue weighted by molar-refractivity contribution is 0.0162. The summed E-state index contributed by atoms with van der Waals surface area (Å²) < 4.78 is 5.16. The van der Waals surface area contributed by atoms with Crippen LogP contribution in [0.4, 0.5) is 0 Å². The maximum absolute atomic E-state index is 10.1. The third-order valence-electron chi connectivity index (χ3n) is 4.27. The summed E-state index contributed by atoms with van der Waals surface area (Å²) in [6.45, 7) is 3.04. The van der Waals surface area contributed by atoms with Crippen molar-refractivity contribution >= 4 is 0 Å². The van der Waals surface area contributed by atoms with Crippen molar-refractivity contribution in [3.63, 3.8) is 0 Å². The topological polar surface area (TPSA) is 32.7 Å². The largest absolute Gasteiger partial charge is 0.393 e. The number of aliphatic hydroxyl groups excluding tert-OH is 1. The van der Waals surface area contributed by atoms with E-state index in [0.29, 0.717) is 12.0 Å². The lowest BCUT2D eigenvalue weighted by atomic mass is 9.80. The number of likely N-dealkylation sites (tertiary alicyclic amines) is 1. The predicted octanol–water partition coefficient (Wildman–Crippen LogP) is 1.65. The van der Waals surface area contributed by atoms with Crippen molar-refractivity contribution in [2.24, 2.45) is 5.92 Å². The van der Waals surface area contributed by atoms with Crippen molar-refractivity contribution in [2.75, 3.05) is 26.8 Å². The zero-order valence-corrected chi connectivity index (χ0v) is 10.4. The Bertz CT molecular complexity index is 210. The number of aliphatic hydroxyl groups is 1. The molecular formula is C13H25NO2. The normalized spacial score (nSPS) is 36.8. The number of ether oxygens (including phenoxy) is 1. The van der Waals surface area contributed by atoms with Gasteiger partial charge in [-0.15, -0.1) is 0 Å². The second kappa shape index (κ2) is 5.99. The van der Waals surface area contributed by atoms with E-state index in [1.807, 2.05) is 0 Å². The molecule has 0 radical (unpaired) electrons. The fraction of sp³-hybridized carbons (Fsp3) is 1.00. The van der Waals surface area contributed by atoms with E-state index in [0.717, 1.165) is 19.6 Å². The molecule has 1 N–H and O–H groups in total. The smallest absolute Gasteiger partial charge is 0.0589 e. The van der Waals surface area contributed by atoms with E-state index in [-0.39, 0.29) is 6.10 Å². The lowest BCUT2D eigenvalue weighted by Crippen LogP contribution is -2.43. The Kier molecular flexibility index (Phi) is 4.62. The molecule has 0 aromatic carbocycles. The van der Waals surface area contributed by atoms with Crippen LogP contribution in [-0.2, 0) is 4.74 Å². The molecule has 0 spiro atoms. The van der Waals surface area contributed by atoms with Gasteiger partial charge in [0, 0.05) is 25.6 Å². The minimum Gasteiger partial charge on any atom is -0.393 e. The Morgan fingerprint density at radius 1 is 1.19 bits per heavy atom.